The lowest BCUT2D eigenvalue weighted by Crippen LogP contribution is -2.16. The minimum Gasteiger partial charge on any atom is -0.480 e. The van der Waals surface area contributed by atoms with E-state index in [9.17, 15) is 9.59 Å². The average Bonchev–Trinajstić information content (AvgIpc) is 3.23. The first-order valence-corrected chi connectivity index (χ1v) is 8.10. The Balaban J connectivity index is 1.70. The van der Waals surface area contributed by atoms with Crippen LogP contribution in [0.15, 0.2) is 48.8 Å². The molecule has 3 aromatic rings. The van der Waals surface area contributed by atoms with Crippen LogP contribution >= 0.6 is 0 Å². The summed E-state index contributed by atoms with van der Waals surface area (Å²) in [5, 5.41) is 20.0. The highest BCUT2D eigenvalue weighted by Crippen LogP contribution is 2.13. The molecule has 0 spiro atoms. The summed E-state index contributed by atoms with van der Waals surface area (Å²) >= 11 is 0. The third-order valence-electron chi connectivity index (χ3n) is 4.02. The van der Waals surface area contributed by atoms with Crippen LogP contribution in [0.2, 0.25) is 0 Å². The Labute approximate surface area is 150 Å². The van der Waals surface area contributed by atoms with E-state index in [1.165, 1.54) is 24.0 Å². The molecule has 1 aromatic carbocycles. The third-order valence-corrected chi connectivity index (χ3v) is 4.02. The van der Waals surface area contributed by atoms with Crippen molar-refractivity contribution in [1.29, 1.82) is 0 Å². The standard InChI is InChI=1S/C18H19N5O3/c1-12-8-16(21-22(12)10-14-6-4-3-5-7-14)20-17(24)15-9-19-23(11-15)13(2)18(25)26/h3-9,11,13H,10H2,1-2H3,(H,25,26)(H,20,21,24). The molecule has 0 aliphatic carbocycles. The van der Waals surface area contributed by atoms with E-state index >= 15 is 0 Å². The van der Waals surface area contributed by atoms with Crippen LogP contribution in [0.4, 0.5) is 5.82 Å². The second-order valence-electron chi connectivity index (χ2n) is 5.99. The summed E-state index contributed by atoms with van der Waals surface area (Å²) in [6.45, 7) is 4.01. The number of carboxylic acids is 1. The number of amides is 1. The number of anilines is 1. The molecule has 0 saturated heterocycles. The van der Waals surface area contributed by atoms with E-state index in [2.05, 4.69) is 15.5 Å². The Morgan fingerprint density at radius 3 is 2.69 bits per heavy atom. The van der Waals surface area contributed by atoms with Crippen molar-refractivity contribution in [3.63, 3.8) is 0 Å². The molecule has 0 radical (unpaired) electrons. The fourth-order valence-electron chi connectivity index (χ4n) is 2.46. The van der Waals surface area contributed by atoms with Gasteiger partial charge in [0.05, 0.1) is 18.3 Å². The van der Waals surface area contributed by atoms with Crippen LogP contribution in [-0.2, 0) is 11.3 Å². The molecule has 2 heterocycles. The highest BCUT2D eigenvalue weighted by atomic mass is 16.4. The molecule has 1 amide bonds. The zero-order chi connectivity index (χ0) is 18.7. The van der Waals surface area contributed by atoms with Crippen molar-refractivity contribution in [2.24, 2.45) is 0 Å². The highest BCUT2D eigenvalue weighted by Gasteiger charge is 2.17. The number of carbonyl (C=O) groups is 2. The zero-order valence-electron chi connectivity index (χ0n) is 14.5. The normalized spacial score (nSPS) is 11.9. The Bertz CT molecular complexity index is 929. The van der Waals surface area contributed by atoms with Gasteiger partial charge in [0, 0.05) is 18.0 Å². The van der Waals surface area contributed by atoms with Crippen molar-refractivity contribution >= 4 is 17.7 Å². The van der Waals surface area contributed by atoms with Crippen molar-refractivity contribution < 1.29 is 14.7 Å². The number of hydrogen-bond acceptors (Lipinski definition) is 4. The minimum absolute atomic E-state index is 0.272. The van der Waals surface area contributed by atoms with Crippen molar-refractivity contribution in [2.45, 2.75) is 26.4 Å². The molecule has 0 aliphatic heterocycles. The molecule has 8 nitrogen and oxygen atoms in total. The van der Waals surface area contributed by atoms with E-state index in [4.69, 9.17) is 5.11 Å². The number of nitrogens with one attached hydrogen (secondary N) is 1. The molecular weight excluding hydrogens is 334 g/mol. The monoisotopic (exact) mass is 353 g/mol. The van der Waals surface area contributed by atoms with Gasteiger partial charge in [0.1, 0.15) is 6.04 Å². The Hall–Kier alpha value is -3.42. The first kappa shape index (κ1) is 17.4. The van der Waals surface area contributed by atoms with Crippen molar-refractivity contribution in [3.05, 3.63) is 65.6 Å². The van der Waals surface area contributed by atoms with E-state index < -0.39 is 17.9 Å². The fraction of sp³-hybridized carbons (Fsp3) is 0.222. The molecule has 0 aliphatic rings. The van der Waals surface area contributed by atoms with Gasteiger partial charge in [-0.25, -0.2) is 4.79 Å². The van der Waals surface area contributed by atoms with Gasteiger partial charge in [-0.1, -0.05) is 30.3 Å². The molecular formula is C18H19N5O3. The average molecular weight is 353 g/mol. The molecule has 0 fully saturated rings. The maximum atomic E-state index is 12.3. The molecule has 2 aromatic heterocycles. The number of benzene rings is 1. The number of aromatic nitrogens is 4. The molecule has 1 atom stereocenters. The number of hydrogen-bond donors (Lipinski definition) is 2. The number of carbonyl (C=O) groups excluding carboxylic acids is 1. The first-order valence-electron chi connectivity index (χ1n) is 8.10. The van der Waals surface area contributed by atoms with Gasteiger partial charge in [-0.05, 0) is 19.4 Å². The van der Waals surface area contributed by atoms with Gasteiger partial charge in [-0.3, -0.25) is 14.2 Å². The summed E-state index contributed by atoms with van der Waals surface area (Å²) < 4.78 is 3.04. The number of aryl methyl sites for hydroxylation is 1. The topological polar surface area (TPSA) is 102 Å². The highest BCUT2D eigenvalue weighted by molar-refractivity contribution is 6.03. The zero-order valence-corrected chi connectivity index (χ0v) is 14.5. The Morgan fingerprint density at radius 1 is 1.27 bits per heavy atom. The van der Waals surface area contributed by atoms with E-state index in [0.29, 0.717) is 12.4 Å². The molecule has 134 valence electrons. The van der Waals surface area contributed by atoms with Gasteiger partial charge in [0.25, 0.3) is 5.91 Å². The quantitative estimate of drug-likeness (QED) is 0.708. The lowest BCUT2D eigenvalue weighted by molar-refractivity contribution is -0.140. The molecule has 3 rings (SSSR count). The van der Waals surface area contributed by atoms with Gasteiger partial charge < -0.3 is 10.4 Å². The lowest BCUT2D eigenvalue weighted by Gasteiger charge is -2.05. The van der Waals surface area contributed by atoms with Crippen LogP contribution in [-0.4, -0.2) is 36.5 Å². The summed E-state index contributed by atoms with van der Waals surface area (Å²) in [7, 11) is 0. The van der Waals surface area contributed by atoms with Crippen LogP contribution in [0.1, 0.15) is 34.6 Å². The molecule has 0 bridgehead atoms. The number of nitrogens with zero attached hydrogens (tertiary/aromatic N) is 4. The van der Waals surface area contributed by atoms with Crippen LogP contribution in [0.5, 0.6) is 0 Å². The predicted octanol–water partition coefficient (Wildman–Crippen LogP) is 2.33. The summed E-state index contributed by atoms with van der Waals surface area (Å²) in [5.41, 5.74) is 2.30. The van der Waals surface area contributed by atoms with Crippen LogP contribution in [0, 0.1) is 6.92 Å². The predicted molar refractivity (Wildman–Crippen MR) is 95.0 cm³/mol. The van der Waals surface area contributed by atoms with Crippen molar-refractivity contribution in [2.75, 3.05) is 5.32 Å². The molecule has 8 heteroatoms. The maximum absolute atomic E-state index is 12.3. The SMILES string of the molecule is Cc1cc(NC(=O)c2cnn(C(C)C(=O)O)c2)nn1Cc1ccccc1. The molecule has 26 heavy (non-hydrogen) atoms. The first-order chi connectivity index (χ1) is 12.4. The van der Waals surface area contributed by atoms with Gasteiger partial charge in [0.15, 0.2) is 5.82 Å². The Morgan fingerprint density at radius 2 is 2.00 bits per heavy atom. The van der Waals surface area contributed by atoms with E-state index in [1.54, 1.807) is 10.7 Å². The minimum atomic E-state index is -1.02. The van der Waals surface area contributed by atoms with Crippen LogP contribution in [0.25, 0.3) is 0 Å². The number of rotatable bonds is 6. The fourth-order valence-corrected chi connectivity index (χ4v) is 2.46. The summed E-state index contributed by atoms with van der Waals surface area (Å²) in [6, 6.07) is 10.8. The van der Waals surface area contributed by atoms with Crippen molar-refractivity contribution in [3.8, 4) is 0 Å². The van der Waals surface area contributed by atoms with E-state index in [-0.39, 0.29) is 5.56 Å². The maximum Gasteiger partial charge on any atom is 0.328 e. The summed E-state index contributed by atoms with van der Waals surface area (Å²) in [4.78, 5) is 23.3. The second-order valence-corrected chi connectivity index (χ2v) is 5.99. The van der Waals surface area contributed by atoms with Crippen LogP contribution in [0.3, 0.4) is 0 Å². The van der Waals surface area contributed by atoms with Crippen LogP contribution < -0.4 is 5.32 Å². The van der Waals surface area contributed by atoms with E-state index in [0.717, 1.165) is 11.3 Å². The number of aliphatic carboxylic acids is 1. The second kappa shape index (κ2) is 7.22. The Kier molecular flexibility index (Phi) is 4.83. The molecule has 2 N–H and O–H groups in total. The third kappa shape index (κ3) is 3.80. The summed E-state index contributed by atoms with van der Waals surface area (Å²) in [5.74, 6) is -0.976. The largest absolute Gasteiger partial charge is 0.480 e. The summed E-state index contributed by atoms with van der Waals surface area (Å²) in [6.07, 6.45) is 2.74. The molecule has 1 unspecified atom stereocenters. The van der Waals surface area contributed by atoms with Gasteiger partial charge in [0.2, 0.25) is 0 Å². The van der Waals surface area contributed by atoms with Gasteiger partial charge in [-0.15, -0.1) is 0 Å². The smallest absolute Gasteiger partial charge is 0.328 e. The molecule has 0 saturated carbocycles. The van der Waals surface area contributed by atoms with E-state index in [1.807, 2.05) is 37.3 Å². The van der Waals surface area contributed by atoms with Gasteiger partial charge >= 0.3 is 5.97 Å². The lowest BCUT2D eigenvalue weighted by atomic mass is 10.2. The van der Waals surface area contributed by atoms with Crippen molar-refractivity contribution in [1.82, 2.24) is 19.6 Å². The van der Waals surface area contributed by atoms with Gasteiger partial charge in [-0.2, -0.15) is 10.2 Å². The number of carboxylic acid groups (broad SMARTS) is 1.